The minimum Gasteiger partial charge on any atom is -0.441 e. The van der Waals surface area contributed by atoms with E-state index in [1.807, 2.05) is 55.5 Å². The molecule has 0 atom stereocenters. The standard InChI is InChI=1S/C17H17N3O2/c1-12-19-15-8-7-13(11-16(15)22-12)9-10-18-17(21)20-14-5-3-2-4-6-14/h2-8,11H,9-10H2,1H3,(H2,18,20,21). The lowest BCUT2D eigenvalue weighted by Crippen LogP contribution is -2.30. The minimum absolute atomic E-state index is 0.206. The second kappa shape index (κ2) is 6.30. The number of amides is 2. The maximum absolute atomic E-state index is 11.8. The van der Waals surface area contributed by atoms with Crippen molar-refractivity contribution < 1.29 is 9.21 Å². The highest BCUT2D eigenvalue weighted by Crippen LogP contribution is 2.17. The maximum Gasteiger partial charge on any atom is 0.319 e. The highest BCUT2D eigenvalue weighted by molar-refractivity contribution is 5.89. The van der Waals surface area contributed by atoms with Crippen molar-refractivity contribution in [1.82, 2.24) is 10.3 Å². The first-order valence-electron chi connectivity index (χ1n) is 7.17. The normalized spacial score (nSPS) is 10.6. The van der Waals surface area contributed by atoms with E-state index in [4.69, 9.17) is 4.42 Å². The predicted molar refractivity (Wildman–Crippen MR) is 85.9 cm³/mol. The van der Waals surface area contributed by atoms with Gasteiger partial charge < -0.3 is 15.1 Å². The first kappa shape index (κ1) is 14.1. The Kier molecular flexibility index (Phi) is 4.05. The third-order valence-electron chi connectivity index (χ3n) is 3.29. The van der Waals surface area contributed by atoms with Crippen LogP contribution < -0.4 is 10.6 Å². The maximum atomic E-state index is 11.8. The van der Waals surface area contributed by atoms with Crippen molar-refractivity contribution >= 4 is 22.8 Å². The van der Waals surface area contributed by atoms with Gasteiger partial charge in [-0.25, -0.2) is 9.78 Å². The van der Waals surface area contributed by atoms with E-state index < -0.39 is 0 Å². The molecule has 0 aliphatic rings. The Morgan fingerprint density at radius 1 is 1.18 bits per heavy atom. The number of aromatic nitrogens is 1. The summed E-state index contributed by atoms with van der Waals surface area (Å²) in [5, 5.41) is 5.62. The molecule has 0 aliphatic heterocycles. The van der Waals surface area contributed by atoms with Crippen molar-refractivity contribution in [3.05, 3.63) is 60.0 Å². The van der Waals surface area contributed by atoms with Crippen LogP contribution in [0.4, 0.5) is 10.5 Å². The summed E-state index contributed by atoms with van der Waals surface area (Å²) in [7, 11) is 0. The number of hydrogen-bond acceptors (Lipinski definition) is 3. The Labute approximate surface area is 128 Å². The second-order valence-electron chi connectivity index (χ2n) is 5.03. The molecule has 0 unspecified atom stereocenters. The molecule has 1 heterocycles. The quantitative estimate of drug-likeness (QED) is 0.774. The number of fused-ring (bicyclic) bond motifs is 1. The summed E-state index contributed by atoms with van der Waals surface area (Å²) in [6, 6.07) is 15.1. The number of aryl methyl sites for hydroxylation is 1. The number of hydrogen-bond donors (Lipinski definition) is 2. The number of rotatable bonds is 4. The van der Waals surface area contributed by atoms with Gasteiger partial charge in [0.05, 0.1) is 0 Å². The van der Waals surface area contributed by atoms with Crippen LogP contribution in [0.3, 0.4) is 0 Å². The minimum atomic E-state index is -0.206. The molecule has 0 spiro atoms. The van der Waals surface area contributed by atoms with Crippen molar-refractivity contribution in [3.63, 3.8) is 0 Å². The van der Waals surface area contributed by atoms with Crippen molar-refractivity contribution in [2.75, 3.05) is 11.9 Å². The van der Waals surface area contributed by atoms with Gasteiger partial charge in [0.25, 0.3) is 0 Å². The Morgan fingerprint density at radius 2 is 2.00 bits per heavy atom. The molecule has 5 nitrogen and oxygen atoms in total. The van der Waals surface area contributed by atoms with E-state index in [1.54, 1.807) is 0 Å². The molecule has 2 aromatic carbocycles. The highest BCUT2D eigenvalue weighted by atomic mass is 16.3. The largest absolute Gasteiger partial charge is 0.441 e. The number of carbonyl (C=O) groups is 1. The third-order valence-corrected chi connectivity index (χ3v) is 3.29. The van der Waals surface area contributed by atoms with Gasteiger partial charge >= 0.3 is 6.03 Å². The third kappa shape index (κ3) is 3.44. The van der Waals surface area contributed by atoms with Crippen molar-refractivity contribution in [2.24, 2.45) is 0 Å². The summed E-state index contributed by atoms with van der Waals surface area (Å²) in [5.74, 6) is 0.660. The first-order valence-corrected chi connectivity index (χ1v) is 7.17. The number of benzene rings is 2. The molecule has 0 radical (unpaired) electrons. The summed E-state index contributed by atoms with van der Waals surface area (Å²) >= 11 is 0. The number of oxazole rings is 1. The molecule has 5 heteroatoms. The Bertz CT molecular complexity index is 781. The van der Waals surface area contributed by atoms with Gasteiger partial charge in [-0.15, -0.1) is 0 Å². The number of nitrogens with one attached hydrogen (secondary N) is 2. The molecule has 3 rings (SSSR count). The molecule has 2 N–H and O–H groups in total. The number of carbonyl (C=O) groups excluding carboxylic acids is 1. The van der Waals surface area contributed by atoms with Gasteiger partial charge in [0, 0.05) is 19.2 Å². The van der Waals surface area contributed by atoms with E-state index in [9.17, 15) is 4.79 Å². The zero-order chi connectivity index (χ0) is 15.4. The average molecular weight is 295 g/mol. The molecule has 0 saturated heterocycles. The molecular weight excluding hydrogens is 278 g/mol. The van der Waals surface area contributed by atoms with E-state index >= 15 is 0 Å². The van der Waals surface area contributed by atoms with Crippen LogP contribution in [0.5, 0.6) is 0 Å². The molecule has 0 aliphatic carbocycles. The van der Waals surface area contributed by atoms with Gasteiger partial charge in [-0.05, 0) is 36.2 Å². The van der Waals surface area contributed by atoms with Crippen molar-refractivity contribution in [3.8, 4) is 0 Å². The molecule has 0 fully saturated rings. The molecule has 3 aromatic rings. The molecule has 0 bridgehead atoms. The first-order chi connectivity index (χ1) is 10.7. The van der Waals surface area contributed by atoms with Gasteiger partial charge in [0.2, 0.25) is 0 Å². The van der Waals surface area contributed by atoms with Crippen molar-refractivity contribution in [1.29, 1.82) is 0 Å². The Morgan fingerprint density at radius 3 is 2.82 bits per heavy atom. The Hall–Kier alpha value is -2.82. The van der Waals surface area contributed by atoms with Gasteiger partial charge in [-0.1, -0.05) is 24.3 Å². The van der Waals surface area contributed by atoms with Gasteiger partial charge in [0.1, 0.15) is 5.52 Å². The predicted octanol–water partition coefficient (Wildman–Crippen LogP) is 3.50. The van der Waals surface area contributed by atoms with Crippen LogP contribution in [0.2, 0.25) is 0 Å². The lowest BCUT2D eigenvalue weighted by atomic mass is 10.1. The summed E-state index contributed by atoms with van der Waals surface area (Å²) in [6.07, 6.45) is 0.734. The summed E-state index contributed by atoms with van der Waals surface area (Å²) < 4.78 is 5.50. The number of nitrogens with zero attached hydrogens (tertiary/aromatic N) is 1. The lowest BCUT2D eigenvalue weighted by molar-refractivity contribution is 0.252. The zero-order valence-corrected chi connectivity index (χ0v) is 12.3. The average Bonchev–Trinajstić information content (AvgIpc) is 2.87. The van der Waals surface area contributed by atoms with Gasteiger partial charge in [-0.2, -0.15) is 0 Å². The molecule has 1 aromatic heterocycles. The van der Waals surface area contributed by atoms with Crippen LogP contribution in [-0.4, -0.2) is 17.6 Å². The fourth-order valence-corrected chi connectivity index (χ4v) is 2.26. The smallest absolute Gasteiger partial charge is 0.319 e. The lowest BCUT2D eigenvalue weighted by Gasteiger charge is -2.07. The van der Waals surface area contributed by atoms with Crippen LogP contribution >= 0.6 is 0 Å². The van der Waals surface area contributed by atoms with E-state index in [1.165, 1.54) is 0 Å². The fraction of sp³-hybridized carbons (Fsp3) is 0.176. The monoisotopic (exact) mass is 295 g/mol. The topological polar surface area (TPSA) is 67.2 Å². The van der Waals surface area contributed by atoms with E-state index in [-0.39, 0.29) is 6.03 Å². The summed E-state index contributed by atoms with van der Waals surface area (Å²) in [5.41, 5.74) is 3.52. The molecule has 0 saturated carbocycles. The van der Waals surface area contributed by atoms with Crippen molar-refractivity contribution in [2.45, 2.75) is 13.3 Å². The highest BCUT2D eigenvalue weighted by Gasteiger charge is 2.04. The number of anilines is 1. The Balaban J connectivity index is 1.52. The van der Waals surface area contributed by atoms with Gasteiger partial charge in [-0.3, -0.25) is 0 Å². The zero-order valence-electron chi connectivity index (χ0n) is 12.3. The number of urea groups is 1. The van der Waals surface area contributed by atoms with Crippen LogP contribution in [0, 0.1) is 6.92 Å². The molecule has 112 valence electrons. The van der Waals surface area contributed by atoms with Crippen LogP contribution in [-0.2, 0) is 6.42 Å². The fourth-order valence-electron chi connectivity index (χ4n) is 2.26. The SMILES string of the molecule is Cc1nc2ccc(CCNC(=O)Nc3ccccc3)cc2o1. The van der Waals surface area contributed by atoms with E-state index in [0.717, 1.165) is 28.8 Å². The summed E-state index contributed by atoms with van der Waals surface area (Å²) in [4.78, 5) is 16.0. The molecule has 2 amide bonds. The van der Waals surface area contributed by atoms with Crippen LogP contribution in [0.25, 0.3) is 11.1 Å². The second-order valence-corrected chi connectivity index (χ2v) is 5.03. The molecular formula is C17H17N3O2. The molecule has 22 heavy (non-hydrogen) atoms. The summed E-state index contributed by atoms with van der Waals surface area (Å²) in [6.45, 7) is 2.38. The van der Waals surface area contributed by atoms with Crippen LogP contribution in [0.15, 0.2) is 52.9 Å². The van der Waals surface area contributed by atoms with Gasteiger partial charge in [0.15, 0.2) is 11.5 Å². The van der Waals surface area contributed by atoms with E-state index in [0.29, 0.717) is 12.4 Å². The number of para-hydroxylation sites is 1. The van der Waals surface area contributed by atoms with Crippen LogP contribution in [0.1, 0.15) is 11.5 Å². The van der Waals surface area contributed by atoms with E-state index in [2.05, 4.69) is 15.6 Å².